The Hall–Kier alpha value is -4.02. The Morgan fingerprint density at radius 1 is 0.855 bits per heavy atom. The summed E-state index contributed by atoms with van der Waals surface area (Å²) >= 11 is 6.33. The molecule has 17 heteroatoms. The Kier molecular flexibility index (Phi) is 13.5. The van der Waals surface area contributed by atoms with Crippen LogP contribution in [0.4, 0.5) is 0 Å². The van der Waals surface area contributed by atoms with Crippen LogP contribution in [0.1, 0.15) is 75.2 Å². The van der Waals surface area contributed by atoms with Gasteiger partial charge >= 0.3 is 41.8 Å². The SMILES string of the molecule is CC(=O)OC1[C@@H](OC(=O)CC(C)C)[C@]2(CO2)[C@@H]2[C@H](OC(C)=O)[C@@]3(O)[C@H](/C=C(CCl)\C=C/[C@H](OC(=O)COC(=O)CC(C)C)[C@@]2(C)[C@H]1OC(C)=O)OC(=O)[C@@H]3C. The Bertz CT molecular complexity index is 1600. The summed E-state index contributed by atoms with van der Waals surface area (Å²) in [7, 11) is 0. The van der Waals surface area contributed by atoms with Gasteiger partial charge in [0.1, 0.15) is 17.8 Å². The zero-order valence-corrected chi connectivity index (χ0v) is 33.2. The van der Waals surface area contributed by atoms with E-state index in [2.05, 4.69) is 0 Å². The molecule has 1 unspecified atom stereocenters. The molecule has 0 radical (unpaired) electrons. The summed E-state index contributed by atoms with van der Waals surface area (Å²) in [5, 5.41) is 12.9. The number of aliphatic hydroxyl groups is 1. The fraction of sp³-hybridized carbons (Fsp3) is 0.711. The maximum absolute atomic E-state index is 13.6. The van der Waals surface area contributed by atoms with Gasteiger partial charge in [0.05, 0.1) is 17.9 Å². The predicted octanol–water partition coefficient (Wildman–Crippen LogP) is 2.67. The van der Waals surface area contributed by atoms with E-state index in [0.29, 0.717) is 0 Å². The van der Waals surface area contributed by atoms with Crippen LogP contribution in [0.15, 0.2) is 23.8 Å². The first-order valence-electron chi connectivity index (χ1n) is 18.2. The number of allylic oxidation sites excluding steroid dienone is 2. The predicted molar refractivity (Wildman–Crippen MR) is 189 cm³/mol. The Balaban J connectivity index is 2.08. The molecule has 1 N–H and O–H groups in total. The third-order valence-corrected chi connectivity index (χ3v) is 10.7. The smallest absolute Gasteiger partial charge is 0.344 e. The molecule has 0 amide bonds. The standard InChI is InChI=1S/C38H51ClO16/c1-18(2)12-27(43)48-16-29(45)53-25-11-10-24(15-39)14-26-38(47,20(5)35(46)54-26)34(52-23(8)42)31-36(25,9)32(51-22(7)41)30(50-21(6)40)33(37(31)17-49-37)55-28(44)13-19(3)4/h10-11,14,18-20,25-26,30-34,47H,12-13,15-17H2,1-9H3/b11-10-,24-14+/t20-,25-,26-,30?,31+,32-,33+,34-,36+,37-,38-/m0/s1. The fourth-order valence-electron chi connectivity index (χ4n) is 7.97. The summed E-state index contributed by atoms with van der Waals surface area (Å²) in [6.07, 6.45) is -5.74. The number of alkyl halides is 1. The summed E-state index contributed by atoms with van der Waals surface area (Å²) in [5.41, 5.74) is -5.95. The third kappa shape index (κ3) is 9.01. The summed E-state index contributed by atoms with van der Waals surface area (Å²) in [6.45, 7) is 12.1. The molecular weight excluding hydrogens is 748 g/mol. The normalized spacial score (nSPS) is 36.6. The first kappa shape index (κ1) is 43.7. The molecule has 306 valence electrons. The molecule has 2 aliphatic carbocycles. The van der Waals surface area contributed by atoms with Crippen molar-refractivity contribution in [3.63, 3.8) is 0 Å². The van der Waals surface area contributed by atoms with Crippen molar-refractivity contribution in [3.8, 4) is 0 Å². The molecular formula is C38H51ClO16. The van der Waals surface area contributed by atoms with Crippen LogP contribution in [0.25, 0.3) is 0 Å². The van der Waals surface area contributed by atoms with Crippen LogP contribution in [0.2, 0.25) is 0 Å². The van der Waals surface area contributed by atoms with Crippen LogP contribution >= 0.6 is 11.6 Å². The second-order valence-electron chi connectivity index (χ2n) is 15.6. The van der Waals surface area contributed by atoms with Gasteiger partial charge in [0, 0.05) is 45.4 Å². The van der Waals surface area contributed by atoms with Gasteiger partial charge in [-0.25, -0.2) is 4.79 Å². The zero-order chi connectivity index (χ0) is 41.2. The highest BCUT2D eigenvalue weighted by Gasteiger charge is 2.81. The summed E-state index contributed by atoms with van der Waals surface area (Å²) in [4.78, 5) is 91.9. The van der Waals surface area contributed by atoms with E-state index in [4.69, 9.17) is 49.5 Å². The number of carbonyl (C=O) groups is 7. The average molecular weight is 799 g/mol. The minimum Gasteiger partial charge on any atom is -0.459 e. The zero-order valence-electron chi connectivity index (χ0n) is 32.5. The molecule has 4 aliphatic rings. The molecule has 2 heterocycles. The van der Waals surface area contributed by atoms with Gasteiger partial charge in [-0.05, 0) is 36.5 Å². The van der Waals surface area contributed by atoms with Gasteiger partial charge in [0.15, 0.2) is 36.6 Å². The monoisotopic (exact) mass is 798 g/mol. The van der Waals surface area contributed by atoms with Crippen molar-refractivity contribution in [3.05, 3.63) is 23.8 Å². The third-order valence-electron chi connectivity index (χ3n) is 10.4. The first-order chi connectivity index (χ1) is 25.6. The van der Waals surface area contributed by atoms with Crippen LogP contribution in [-0.2, 0) is 71.5 Å². The molecule has 0 aromatic heterocycles. The molecule has 2 saturated heterocycles. The lowest BCUT2D eigenvalue weighted by molar-refractivity contribution is -0.279. The van der Waals surface area contributed by atoms with E-state index in [1.807, 2.05) is 0 Å². The average Bonchev–Trinajstić information content (AvgIpc) is 3.82. The molecule has 1 spiro atoms. The van der Waals surface area contributed by atoms with Gasteiger partial charge in [-0.2, -0.15) is 0 Å². The maximum atomic E-state index is 13.6. The molecule has 0 bridgehead atoms. The molecule has 4 rings (SSSR count). The molecule has 0 aromatic rings. The molecule has 3 fully saturated rings. The van der Waals surface area contributed by atoms with Gasteiger partial charge in [0.25, 0.3) is 0 Å². The lowest BCUT2D eigenvalue weighted by Gasteiger charge is -2.59. The number of hydrogen-bond donors (Lipinski definition) is 1. The lowest BCUT2D eigenvalue weighted by Crippen LogP contribution is -2.76. The van der Waals surface area contributed by atoms with E-state index < -0.39 is 113 Å². The minimum absolute atomic E-state index is 0.0123. The molecule has 0 aromatic carbocycles. The summed E-state index contributed by atoms with van der Waals surface area (Å²) < 4.78 is 47.0. The van der Waals surface area contributed by atoms with Crippen LogP contribution in [0, 0.1) is 29.1 Å². The second kappa shape index (κ2) is 17.0. The number of hydrogen-bond acceptors (Lipinski definition) is 16. The van der Waals surface area contributed by atoms with Gasteiger partial charge in [-0.1, -0.05) is 40.7 Å². The Morgan fingerprint density at radius 2 is 1.42 bits per heavy atom. The van der Waals surface area contributed by atoms with E-state index in [1.54, 1.807) is 27.7 Å². The summed E-state index contributed by atoms with van der Waals surface area (Å²) in [5.74, 6) is -9.44. The van der Waals surface area contributed by atoms with Gasteiger partial charge < -0.3 is 43.0 Å². The van der Waals surface area contributed by atoms with Crippen molar-refractivity contribution in [2.45, 2.75) is 123 Å². The van der Waals surface area contributed by atoms with E-state index in [9.17, 15) is 38.7 Å². The Labute approximate surface area is 324 Å². The molecule has 11 atom stereocenters. The van der Waals surface area contributed by atoms with Crippen molar-refractivity contribution in [1.29, 1.82) is 0 Å². The first-order valence-corrected chi connectivity index (χ1v) is 18.7. The second-order valence-corrected chi connectivity index (χ2v) is 15.9. The van der Waals surface area contributed by atoms with E-state index >= 15 is 0 Å². The van der Waals surface area contributed by atoms with E-state index in [0.717, 1.165) is 20.8 Å². The van der Waals surface area contributed by atoms with Crippen molar-refractivity contribution in [2.24, 2.45) is 29.1 Å². The largest absolute Gasteiger partial charge is 0.459 e. The number of fused-ring (bicyclic) bond motifs is 3. The fourth-order valence-corrected chi connectivity index (χ4v) is 8.15. The van der Waals surface area contributed by atoms with E-state index in [1.165, 1.54) is 32.1 Å². The highest BCUT2D eigenvalue weighted by atomic mass is 35.5. The van der Waals surface area contributed by atoms with Crippen LogP contribution in [0.5, 0.6) is 0 Å². The number of epoxide rings is 1. The number of ether oxygens (including phenoxy) is 8. The van der Waals surface area contributed by atoms with Gasteiger partial charge in [-0.3, -0.25) is 28.8 Å². The van der Waals surface area contributed by atoms with Crippen molar-refractivity contribution in [1.82, 2.24) is 0 Å². The Morgan fingerprint density at radius 3 is 1.95 bits per heavy atom. The van der Waals surface area contributed by atoms with Crippen LogP contribution in [0.3, 0.4) is 0 Å². The number of esters is 7. The van der Waals surface area contributed by atoms with Crippen molar-refractivity contribution >= 4 is 53.4 Å². The van der Waals surface area contributed by atoms with E-state index in [-0.39, 0.29) is 42.7 Å². The van der Waals surface area contributed by atoms with Crippen molar-refractivity contribution < 1.29 is 76.6 Å². The van der Waals surface area contributed by atoms with Crippen LogP contribution in [-0.4, -0.2) is 114 Å². The number of rotatable bonds is 12. The molecule has 55 heavy (non-hydrogen) atoms. The van der Waals surface area contributed by atoms with Gasteiger partial charge in [-0.15, -0.1) is 11.6 Å². The lowest BCUT2D eigenvalue weighted by atomic mass is 9.51. The summed E-state index contributed by atoms with van der Waals surface area (Å²) in [6, 6.07) is 0. The highest BCUT2D eigenvalue weighted by molar-refractivity contribution is 6.19. The molecule has 16 nitrogen and oxygen atoms in total. The quantitative estimate of drug-likeness (QED) is 0.130. The van der Waals surface area contributed by atoms with Gasteiger partial charge in [0.2, 0.25) is 0 Å². The van der Waals surface area contributed by atoms with Crippen LogP contribution < -0.4 is 0 Å². The highest BCUT2D eigenvalue weighted by Crippen LogP contribution is 2.63. The number of carbonyl (C=O) groups excluding carboxylic acids is 7. The van der Waals surface area contributed by atoms with Crippen molar-refractivity contribution in [2.75, 3.05) is 19.1 Å². The maximum Gasteiger partial charge on any atom is 0.344 e. The molecule has 2 aliphatic heterocycles. The topological polar surface area (TPSA) is 217 Å². The minimum atomic E-state index is -2.42. The number of halogens is 1. The molecule has 1 saturated carbocycles.